The van der Waals surface area contributed by atoms with E-state index in [1.807, 2.05) is 31.2 Å². The molecule has 302 valence electrons. The van der Waals surface area contributed by atoms with Crippen LogP contribution in [0, 0.1) is 6.92 Å². The van der Waals surface area contributed by atoms with Gasteiger partial charge in [0.25, 0.3) is 0 Å². The Balaban J connectivity index is 1.32. The maximum Gasteiger partial charge on any atom is 0.323 e. The number of morpholine rings is 1. The summed E-state index contributed by atoms with van der Waals surface area (Å²) >= 11 is 0. The van der Waals surface area contributed by atoms with Crippen molar-refractivity contribution in [3.63, 3.8) is 0 Å². The smallest absolute Gasteiger partial charge is 0.323 e. The number of carbonyl (C=O) groups is 4. The molecule has 3 aromatic carbocycles. The van der Waals surface area contributed by atoms with Gasteiger partial charge in [-0.1, -0.05) is 36.4 Å². The standard InChI is InChI=1S/C41H55N7O8/c1-30-6-4-5-7-35(30)48(41(42)53)33-11-8-31(9-12-33)26-39(51)47(19-16-45-21-24-56-25-22-45)29-38(50)43-34(32-10-13-36(54-2)37(27-32)55-3)28-40(52)46-17-14-44(15-18-46)20-23-49/h4-13,27,34,49H,14-26,28-29H2,1-3H3,(H2,42,53)(H,43,50)/t34-/m0/s1. The molecule has 5 rings (SSSR count). The summed E-state index contributed by atoms with van der Waals surface area (Å²) in [6, 6.07) is 18.4. The van der Waals surface area contributed by atoms with Crippen LogP contribution in [0.25, 0.3) is 0 Å². The van der Waals surface area contributed by atoms with Gasteiger partial charge in [-0.3, -0.25) is 29.1 Å². The number of carbonyl (C=O) groups excluding carboxylic acids is 4. The van der Waals surface area contributed by atoms with E-state index in [9.17, 15) is 24.3 Å². The molecule has 0 aromatic heterocycles. The predicted octanol–water partition coefficient (Wildman–Crippen LogP) is 2.32. The summed E-state index contributed by atoms with van der Waals surface area (Å²) < 4.78 is 16.5. The highest BCUT2D eigenvalue weighted by molar-refractivity contribution is 5.99. The number of primary amides is 1. The quantitative estimate of drug-likeness (QED) is 0.185. The van der Waals surface area contributed by atoms with Crippen LogP contribution in [-0.4, -0.2) is 148 Å². The Labute approximate surface area is 328 Å². The molecular formula is C41H55N7O8. The molecule has 3 aromatic rings. The van der Waals surface area contributed by atoms with Gasteiger partial charge in [-0.25, -0.2) is 4.79 Å². The largest absolute Gasteiger partial charge is 0.493 e. The number of aliphatic hydroxyl groups is 1. The number of nitrogens with zero attached hydrogens (tertiary/aromatic N) is 5. The molecule has 56 heavy (non-hydrogen) atoms. The Morgan fingerprint density at radius 1 is 0.875 bits per heavy atom. The molecule has 0 saturated carbocycles. The maximum absolute atomic E-state index is 14.0. The van der Waals surface area contributed by atoms with Crippen molar-refractivity contribution in [2.75, 3.05) is 104 Å². The third kappa shape index (κ3) is 11.4. The molecule has 0 bridgehead atoms. The third-order valence-corrected chi connectivity index (χ3v) is 10.3. The van der Waals surface area contributed by atoms with Gasteiger partial charge in [-0.15, -0.1) is 0 Å². The number of aliphatic hydroxyl groups excluding tert-OH is 1. The van der Waals surface area contributed by atoms with Crippen LogP contribution in [0.5, 0.6) is 11.5 Å². The number of anilines is 2. The number of amides is 5. The zero-order valence-corrected chi connectivity index (χ0v) is 32.7. The third-order valence-electron chi connectivity index (χ3n) is 10.3. The second kappa shape index (κ2) is 20.6. The van der Waals surface area contributed by atoms with Crippen LogP contribution in [0.3, 0.4) is 0 Å². The monoisotopic (exact) mass is 773 g/mol. The Bertz CT molecular complexity index is 1780. The van der Waals surface area contributed by atoms with Gasteiger partial charge in [0, 0.05) is 58.9 Å². The molecule has 2 fully saturated rings. The number of benzene rings is 3. The summed E-state index contributed by atoms with van der Waals surface area (Å²) in [7, 11) is 3.06. The lowest BCUT2D eigenvalue weighted by Gasteiger charge is -2.35. The minimum absolute atomic E-state index is 0.000122. The highest BCUT2D eigenvalue weighted by Crippen LogP contribution is 2.32. The molecule has 0 radical (unpaired) electrons. The van der Waals surface area contributed by atoms with E-state index in [0.29, 0.717) is 93.0 Å². The molecule has 0 spiro atoms. The van der Waals surface area contributed by atoms with Gasteiger partial charge < -0.3 is 40.2 Å². The van der Waals surface area contributed by atoms with Crippen molar-refractivity contribution in [2.45, 2.75) is 25.8 Å². The highest BCUT2D eigenvalue weighted by Gasteiger charge is 2.28. The molecule has 4 N–H and O–H groups in total. The first kappa shape index (κ1) is 41.9. The Morgan fingerprint density at radius 3 is 2.20 bits per heavy atom. The van der Waals surface area contributed by atoms with Gasteiger partial charge in [-0.2, -0.15) is 0 Å². The Kier molecular flexibility index (Phi) is 15.4. The van der Waals surface area contributed by atoms with Crippen LogP contribution < -0.4 is 25.4 Å². The first-order chi connectivity index (χ1) is 27.1. The van der Waals surface area contributed by atoms with Gasteiger partial charge in [0.15, 0.2) is 11.5 Å². The normalized spacial score (nSPS) is 15.5. The zero-order valence-electron chi connectivity index (χ0n) is 32.7. The fraction of sp³-hybridized carbons (Fsp3) is 0.463. The number of nitrogens with one attached hydrogen (secondary N) is 1. The van der Waals surface area contributed by atoms with E-state index in [4.69, 9.17) is 19.9 Å². The predicted molar refractivity (Wildman–Crippen MR) is 212 cm³/mol. The molecule has 2 aliphatic heterocycles. The van der Waals surface area contributed by atoms with Crippen molar-refractivity contribution in [3.05, 3.63) is 83.4 Å². The van der Waals surface area contributed by atoms with E-state index in [2.05, 4.69) is 15.1 Å². The number of para-hydroxylation sites is 1. The summed E-state index contributed by atoms with van der Waals surface area (Å²) in [6.07, 6.45) is 0.0254. The molecular weight excluding hydrogens is 718 g/mol. The van der Waals surface area contributed by atoms with E-state index in [1.54, 1.807) is 52.3 Å². The summed E-state index contributed by atoms with van der Waals surface area (Å²) in [5, 5.41) is 12.4. The molecule has 5 amide bonds. The maximum atomic E-state index is 14.0. The highest BCUT2D eigenvalue weighted by atomic mass is 16.5. The Morgan fingerprint density at radius 2 is 1.55 bits per heavy atom. The van der Waals surface area contributed by atoms with E-state index < -0.39 is 18.0 Å². The van der Waals surface area contributed by atoms with Crippen LogP contribution in [0.2, 0.25) is 0 Å². The molecule has 15 nitrogen and oxygen atoms in total. The van der Waals surface area contributed by atoms with Crippen molar-refractivity contribution < 1.29 is 38.5 Å². The van der Waals surface area contributed by atoms with Crippen LogP contribution in [-0.2, 0) is 25.5 Å². The fourth-order valence-corrected chi connectivity index (χ4v) is 7.03. The number of rotatable bonds is 17. The lowest BCUT2D eigenvalue weighted by atomic mass is 10.0. The van der Waals surface area contributed by atoms with Crippen LogP contribution in [0.15, 0.2) is 66.7 Å². The minimum Gasteiger partial charge on any atom is -0.493 e. The minimum atomic E-state index is -0.713. The van der Waals surface area contributed by atoms with Crippen molar-refractivity contribution in [1.82, 2.24) is 24.9 Å². The van der Waals surface area contributed by atoms with E-state index >= 15 is 0 Å². The SMILES string of the molecule is COc1ccc([C@H](CC(=O)N2CCN(CCO)CC2)NC(=O)CN(CCN2CCOCC2)C(=O)Cc2ccc(N(C(N)=O)c3ccccc3C)cc2)cc1OC. The van der Waals surface area contributed by atoms with Gasteiger partial charge in [0.2, 0.25) is 17.7 Å². The van der Waals surface area contributed by atoms with Crippen molar-refractivity contribution in [2.24, 2.45) is 5.73 Å². The topological polar surface area (TPSA) is 170 Å². The van der Waals surface area contributed by atoms with Crippen molar-refractivity contribution in [1.29, 1.82) is 0 Å². The number of urea groups is 1. The first-order valence-corrected chi connectivity index (χ1v) is 19.0. The summed E-state index contributed by atoms with van der Waals surface area (Å²) in [6.45, 7) is 8.16. The second-order valence-electron chi connectivity index (χ2n) is 14.0. The molecule has 0 unspecified atom stereocenters. The number of nitrogens with two attached hydrogens (primary N) is 1. The molecule has 2 aliphatic rings. The second-order valence-corrected chi connectivity index (χ2v) is 14.0. The molecule has 15 heteroatoms. The van der Waals surface area contributed by atoms with Gasteiger partial charge >= 0.3 is 6.03 Å². The zero-order chi connectivity index (χ0) is 40.0. The van der Waals surface area contributed by atoms with Crippen molar-refractivity contribution >= 4 is 35.1 Å². The van der Waals surface area contributed by atoms with Crippen LogP contribution in [0.1, 0.15) is 29.2 Å². The molecule has 1 atom stereocenters. The number of β-amino-alcohol motifs (C(OH)–C–C–N with tert-alkyl or cyclic N) is 1. The average molecular weight is 774 g/mol. The lowest BCUT2D eigenvalue weighted by Crippen LogP contribution is -2.50. The Hall–Kier alpha value is -5.22. The number of methoxy groups -OCH3 is 2. The number of hydrogen-bond acceptors (Lipinski definition) is 10. The average Bonchev–Trinajstić information content (AvgIpc) is 3.21. The summed E-state index contributed by atoms with van der Waals surface area (Å²) in [5.41, 5.74) is 9.26. The molecule has 2 heterocycles. The number of aryl methyl sites for hydroxylation is 1. The summed E-state index contributed by atoms with van der Waals surface area (Å²) in [4.78, 5) is 63.2. The van der Waals surface area contributed by atoms with E-state index in [1.165, 1.54) is 19.1 Å². The first-order valence-electron chi connectivity index (χ1n) is 19.0. The molecule has 0 aliphatic carbocycles. The van der Waals surface area contributed by atoms with Gasteiger partial charge in [-0.05, 0) is 53.9 Å². The van der Waals surface area contributed by atoms with Crippen molar-refractivity contribution in [3.8, 4) is 11.5 Å². The van der Waals surface area contributed by atoms with Crippen LogP contribution >= 0.6 is 0 Å². The lowest BCUT2D eigenvalue weighted by molar-refractivity contribution is -0.137. The van der Waals surface area contributed by atoms with Gasteiger partial charge in [0.1, 0.15) is 0 Å². The number of ether oxygens (including phenoxy) is 3. The van der Waals surface area contributed by atoms with E-state index in [-0.39, 0.29) is 37.8 Å². The summed E-state index contributed by atoms with van der Waals surface area (Å²) in [5.74, 6) is 0.200. The van der Waals surface area contributed by atoms with E-state index in [0.717, 1.165) is 18.7 Å². The number of piperazine rings is 1. The van der Waals surface area contributed by atoms with Crippen LogP contribution in [0.4, 0.5) is 16.2 Å². The van der Waals surface area contributed by atoms with Gasteiger partial charge in [0.05, 0.1) is 70.8 Å². The number of hydrogen-bond donors (Lipinski definition) is 3. The fourth-order valence-electron chi connectivity index (χ4n) is 7.03. The molecule has 2 saturated heterocycles.